The van der Waals surface area contributed by atoms with Crippen LogP contribution in [-0.2, 0) is 9.53 Å². The second-order valence-corrected chi connectivity index (χ2v) is 2.83. The highest BCUT2D eigenvalue weighted by atomic mass is 35.5. The number of methoxy groups -OCH3 is 1. The molecule has 0 saturated carbocycles. The van der Waals surface area contributed by atoms with Crippen molar-refractivity contribution in [3.63, 3.8) is 0 Å². The average molecular weight is 192 g/mol. The molecule has 0 atom stereocenters. The summed E-state index contributed by atoms with van der Waals surface area (Å²) in [6.07, 6.45) is 3.08. The molecule has 0 aliphatic carbocycles. The van der Waals surface area contributed by atoms with Gasteiger partial charge in [-0.05, 0) is 24.7 Å². The van der Waals surface area contributed by atoms with E-state index >= 15 is 0 Å². The van der Waals surface area contributed by atoms with Gasteiger partial charge < -0.3 is 9.64 Å². The first kappa shape index (κ1) is 11.6. The molecule has 0 heterocycles. The molecule has 3 nitrogen and oxygen atoms in total. The summed E-state index contributed by atoms with van der Waals surface area (Å²) in [6.45, 7) is 2.25. The van der Waals surface area contributed by atoms with Crippen molar-refractivity contribution in [2.75, 3.05) is 33.9 Å². The summed E-state index contributed by atoms with van der Waals surface area (Å²) in [5, 5.41) is -0.435. The van der Waals surface area contributed by atoms with Crippen LogP contribution in [-0.4, -0.2) is 44.0 Å². The van der Waals surface area contributed by atoms with Crippen molar-refractivity contribution in [3.05, 3.63) is 12.2 Å². The van der Waals surface area contributed by atoms with Crippen molar-refractivity contribution in [2.45, 2.75) is 0 Å². The fraction of sp³-hybridized carbons (Fsp3) is 0.625. The van der Waals surface area contributed by atoms with Crippen LogP contribution in [0, 0.1) is 0 Å². The molecule has 0 aromatic rings. The predicted octanol–water partition coefficient (Wildman–Crippen LogP) is 0.886. The number of ether oxygens (including phenoxy) is 1. The maximum atomic E-state index is 10.3. The molecule has 0 radical (unpaired) electrons. The second kappa shape index (κ2) is 7.28. The summed E-state index contributed by atoms with van der Waals surface area (Å²) in [5.74, 6) is 0. The Hall–Kier alpha value is -0.380. The van der Waals surface area contributed by atoms with Gasteiger partial charge in [0.1, 0.15) is 0 Å². The van der Waals surface area contributed by atoms with E-state index in [0.717, 1.165) is 6.54 Å². The lowest BCUT2D eigenvalue weighted by Gasteiger charge is -2.12. The van der Waals surface area contributed by atoms with Crippen molar-refractivity contribution in [3.8, 4) is 0 Å². The normalized spacial score (nSPS) is 11.3. The Morgan fingerprint density at radius 1 is 1.67 bits per heavy atom. The van der Waals surface area contributed by atoms with Gasteiger partial charge in [0.2, 0.25) is 5.24 Å². The van der Waals surface area contributed by atoms with E-state index in [4.69, 9.17) is 16.3 Å². The molecule has 70 valence electrons. The summed E-state index contributed by atoms with van der Waals surface area (Å²) in [4.78, 5) is 12.3. The first-order valence-corrected chi connectivity index (χ1v) is 4.08. The molecular formula is C8H14ClNO2. The van der Waals surface area contributed by atoms with Gasteiger partial charge in [0, 0.05) is 20.2 Å². The number of carbonyl (C=O) groups is 1. The third-order valence-corrected chi connectivity index (χ3v) is 1.47. The molecule has 0 rings (SSSR count). The largest absolute Gasteiger partial charge is 0.383 e. The SMILES string of the molecule is COCCN(C)C/C=C/C(=O)Cl. The van der Waals surface area contributed by atoms with Gasteiger partial charge in [0.15, 0.2) is 0 Å². The van der Waals surface area contributed by atoms with Crippen molar-refractivity contribution < 1.29 is 9.53 Å². The lowest BCUT2D eigenvalue weighted by molar-refractivity contribution is -0.107. The average Bonchev–Trinajstić information content (AvgIpc) is 2.00. The first-order chi connectivity index (χ1) is 5.66. The Labute approximate surface area is 77.9 Å². The summed E-state index contributed by atoms with van der Waals surface area (Å²) in [7, 11) is 3.61. The van der Waals surface area contributed by atoms with Crippen LogP contribution in [0.1, 0.15) is 0 Å². The van der Waals surface area contributed by atoms with Crippen LogP contribution in [0.3, 0.4) is 0 Å². The summed E-state index contributed by atoms with van der Waals surface area (Å²) < 4.78 is 4.88. The minimum absolute atomic E-state index is 0.435. The molecular weight excluding hydrogens is 178 g/mol. The molecule has 0 saturated heterocycles. The number of halogens is 1. The lowest BCUT2D eigenvalue weighted by atomic mass is 10.4. The number of carbonyl (C=O) groups excluding carboxylic acids is 1. The number of hydrogen-bond acceptors (Lipinski definition) is 3. The quantitative estimate of drug-likeness (QED) is 0.461. The van der Waals surface area contributed by atoms with Crippen LogP contribution < -0.4 is 0 Å². The van der Waals surface area contributed by atoms with Crippen LogP contribution in [0.15, 0.2) is 12.2 Å². The molecule has 0 aromatic heterocycles. The van der Waals surface area contributed by atoms with Crippen LogP contribution in [0.2, 0.25) is 0 Å². The molecule has 0 aromatic carbocycles. The maximum Gasteiger partial charge on any atom is 0.244 e. The molecule has 0 N–H and O–H groups in total. The Morgan fingerprint density at radius 3 is 2.83 bits per heavy atom. The van der Waals surface area contributed by atoms with E-state index in [1.807, 2.05) is 11.9 Å². The van der Waals surface area contributed by atoms with Gasteiger partial charge in [-0.25, -0.2) is 0 Å². The fourth-order valence-electron chi connectivity index (χ4n) is 0.664. The van der Waals surface area contributed by atoms with Gasteiger partial charge >= 0.3 is 0 Å². The van der Waals surface area contributed by atoms with Crippen molar-refractivity contribution in [1.29, 1.82) is 0 Å². The molecule has 0 aliphatic heterocycles. The molecule has 0 fully saturated rings. The van der Waals surface area contributed by atoms with Crippen molar-refractivity contribution in [2.24, 2.45) is 0 Å². The Balaban J connectivity index is 3.42. The predicted molar refractivity (Wildman–Crippen MR) is 49.4 cm³/mol. The number of nitrogens with zero attached hydrogens (tertiary/aromatic N) is 1. The van der Waals surface area contributed by atoms with E-state index in [-0.39, 0.29) is 0 Å². The minimum Gasteiger partial charge on any atom is -0.383 e. The standard InChI is InChI=1S/C8H14ClNO2/c1-10(6-7-12-2)5-3-4-8(9)11/h3-4H,5-7H2,1-2H3/b4-3+. The second-order valence-electron chi connectivity index (χ2n) is 2.46. The van der Waals surface area contributed by atoms with Crippen LogP contribution in [0.5, 0.6) is 0 Å². The molecule has 0 aliphatic rings. The van der Waals surface area contributed by atoms with E-state index in [1.54, 1.807) is 13.2 Å². The Kier molecular flexibility index (Phi) is 7.05. The van der Waals surface area contributed by atoms with E-state index in [1.165, 1.54) is 6.08 Å². The van der Waals surface area contributed by atoms with Crippen LogP contribution in [0.4, 0.5) is 0 Å². The van der Waals surface area contributed by atoms with E-state index in [9.17, 15) is 4.79 Å². The van der Waals surface area contributed by atoms with Gasteiger partial charge in [0.25, 0.3) is 0 Å². The molecule has 0 bridgehead atoms. The molecule has 0 spiro atoms. The zero-order valence-electron chi connectivity index (χ0n) is 7.42. The highest BCUT2D eigenvalue weighted by Crippen LogP contribution is 1.86. The highest BCUT2D eigenvalue weighted by Gasteiger charge is 1.93. The summed E-state index contributed by atoms with van der Waals surface area (Å²) in [5.41, 5.74) is 0. The van der Waals surface area contributed by atoms with Gasteiger partial charge in [-0.1, -0.05) is 6.08 Å². The Morgan fingerprint density at radius 2 is 2.33 bits per heavy atom. The zero-order chi connectivity index (χ0) is 9.40. The van der Waals surface area contributed by atoms with Crippen LogP contribution in [0.25, 0.3) is 0 Å². The Bertz CT molecular complexity index is 159. The smallest absolute Gasteiger partial charge is 0.244 e. The highest BCUT2D eigenvalue weighted by molar-refractivity contribution is 6.66. The third kappa shape index (κ3) is 7.72. The molecule has 12 heavy (non-hydrogen) atoms. The van der Waals surface area contributed by atoms with E-state index < -0.39 is 5.24 Å². The summed E-state index contributed by atoms with van der Waals surface area (Å²) >= 11 is 5.10. The fourth-order valence-corrected chi connectivity index (χ4v) is 0.753. The maximum absolute atomic E-state index is 10.3. The zero-order valence-corrected chi connectivity index (χ0v) is 8.17. The number of hydrogen-bond donors (Lipinski definition) is 0. The monoisotopic (exact) mass is 191 g/mol. The minimum atomic E-state index is -0.435. The van der Waals surface area contributed by atoms with Gasteiger partial charge in [-0.3, -0.25) is 4.79 Å². The lowest BCUT2D eigenvalue weighted by Crippen LogP contribution is -2.22. The van der Waals surface area contributed by atoms with Crippen LogP contribution >= 0.6 is 11.6 Å². The number of likely N-dealkylation sites (N-methyl/N-ethyl adjacent to an activating group) is 1. The third-order valence-electron chi connectivity index (χ3n) is 1.34. The first-order valence-electron chi connectivity index (χ1n) is 3.70. The van der Waals surface area contributed by atoms with E-state index in [2.05, 4.69) is 0 Å². The molecule has 4 heteroatoms. The number of rotatable bonds is 6. The number of allylic oxidation sites excluding steroid dienone is 1. The van der Waals surface area contributed by atoms with Gasteiger partial charge in [0.05, 0.1) is 6.61 Å². The molecule has 0 amide bonds. The van der Waals surface area contributed by atoms with Gasteiger partial charge in [-0.15, -0.1) is 0 Å². The topological polar surface area (TPSA) is 29.5 Å². The molecule has 0 unspecified atom stereocenters. The summed E-state index contributed by atoms with van der Waals surface area (Å²) in [6, 6.07) is 0. The van der Waals surface area contributed by atoms with Crippen molar-refractivity contribution >= 4 is 16.8 Å². The van der Waals surface area contributed by atoms with Gasteiger partial charge in [-0.2, -0.15) is 0 Å². The van der Waals surface area contributed by atoms with E-state index in [0.29, 0.717) is 13.2 Å². The van der Waals surface area contributed by atoms with Crippen molar-refractivity contribution in [1.82, 2.24) is 4.90 Å².